The first-order chi connectivity index (χ1) is 6.58. The fraction of sp³-hybridized carbons (Fsp3) is 0.727. The van der Waals surface area contributed by atoms with Gasteiger partial charge in [-0.2, -0.15) is 0 Å². The Labute approximate surface area is 90.8 Å². The van der Waals surface area contributed by atoms with Crippen molar-refractivity contribution in [3.05, 3.63) is 16.6 Å². The number of hydrogen-bond acceptors (Lipinski definition) is 3. The van der Waals surface area contributed by atoms with Crippen LogP contribution in [0.1, 0.15) is 39.3 Å². The molecule has 0 bridgehead atoms. The molecule has 1 aromatic heterocycles. The Bertz CT molecular complexity index is 236. The second-order valence-electron chi connectivity index (χ2n) is 4.82. The molecule has 0 saturated heterocycles. The first kappa shape index (κ1) is 11.7. The lowest BCUT2D eigenvalue weighted by atomic mass is 9.91. The van der Waals surface area contributed by atoms with Crippen LogP contribution in [0.3, 0.4) is 0 Å². The summed E-state index contributed by atoms with van der Waals surface area (Å²) in [4.78, 5) is 4.22. The van der Waals surface area contributed by atoms with Crippen LogP contribution < -0.4 is 5.32 Å². The van der Waals surface area contributed by atoms with E-state index in [-0.39, 0.29) is 0 Å². The van der Waals surface area contributed by atoms with Gasteiger partial charge in [0.1, 0.15) is 0 Å². The van der Waals surface area contributed by atoms with Crippen LogP contribution in [0.4, 0.5) is 0 Å². The van der Waals surface area contributed by atoms with Gasteiger partial charge in [-0.25, -0.2) is 4.98 Å². The summed E-state index contributed by atoms with van der Waals surface area (Å²) in [6.07, 6.45) is 2.52. The topological polar surface area (TPSA) is 24.9 Å². The number of aromatic nitrogens is 1. The van der Waals surface area contributed by atoms with Gasteiger partial charge in [-0.15, -0.1) is 11.3 Å². The van der Waals surface area contributed by atoms with E-state index in [2.05, 4.69) is 36.5 Å². The lowest BCUT2D eigenvalue weighted by molar-refractivity contribution is 0.361. The molecule has 1 N–H and O–H groups in total. The molecule has 0 aliphatic rings. The number of rotatable bonds is 5. The second-order valence-corrected chi connectivity index (χ2v) is 5.54. The van der Waals surface area contributed by atoms with E-state index < -0.39 is 0 Å². The lowest BCUT2D eigenvalue weighted by Crippen LogP contribution is -2.17. The van der Waals surface area contributed by atoms with Crippen molar-refractivity contribution in [2.45, 2.75) is 40.2 Å². The minimum absolute atomic E-state index is 0.461. The largest absolute Gasteiger partial charge is 0.311 e. The fourth-order valence-electron chi connectivity index (χ4n) is 1.29. The highest BCUT2D eigenvalue weighted by molar-refractivity contribution is 7.07. The summed E-state index contributed by atoms with van der Waals surface area (Å²) in [6.45, 7) is 8.86. The molecule has 0 fully saturated rings. The highest BCUT2D eigenvalue weighted by atomic mass is 32.1. The van der Waals surface area contributed by atoms with Crippen molar-refractivity contribution in [2.24, 2.45) is 5.41 Å². The van der Waals surface area contributed by atoms with Gasteiger partial charge < -0.3 is 5.32 Å². The van der Waals surface area contributed by atoms with Gasteiger partial charge in [0.15, 0.2) is 0 Å². The maximum absolute atomic E-state index is 4.22. The summed E-state index contributed by atoms with van der Waals surface area (Å²) in [6, 6.07) is 0. The van der Waals surface area contributed by atoms with E-state index in [1.165, 1.54) is 12.8 Å². The van der Waals surface area contributed by atoms with Gasteiger partial charge in [0.05, 0.1) is 11.2 Å². The molecule has 0 atom stereocenters. The predicted molar refractivity (Wildman–Crippen MR) is 62.5 cm³/mol. The maximum atomic E-state index is 4.22. The van der Waals surface area contributed by atoms with Crippen molar-refractivity contribution in [1.29, 1.82) is 0 Å². The number of hydrogen-bond donors (Lipinski definition) is 1. The first-order valence-corrected chi connectivity index (χ1v) is 6.10. The summed E-state index contributed by atoms with van der Waals surface area (Å²) in [5.74, 6) is 0. The number of nitrogens with zero attached hydrogens (tertiary/aromatic N) is 1. The smallest absolute Gasteiger partial charge is 0.0795 e. The summed E-state index contributed by atoms with van der Waals surface area (Å²) in [5.41, 5.74) is 3.50. The summed E-state index contributed by atoms with van der Waals surface area (Å²) < 4.78 is 0. The predicted octanol–water partition coefficient (Wildman–Crippen LogP) is 3.06. The van der Waals surface area contributed by atoms with Crippen molar-refractivity contribution in [1.82, 2.24) is 10.3 Å². The van der Waals surface area contributed by atoms with Gasteiger partial charge in [-0.1, -0.05) is 20.8 Å². The van der Waals surface area contributed by atoms with E-state index in [1.807, 2.05) is 5.51 Å². The minimum Gasteiger partial charge on any atom is -0.311 e. The Morgan fingerprint density at radius 1 is 1.43 bits per heavy atom. The van der Waals surface area contributed by atoms with Crippen LogP contribution in [0, 0.1) is 5.41 Å². The molecular formula is C11H20N2S. The number of thiazole rings is 1. The van der Waals surface area contributed by atoms with Gasteiger partial charge in [0.25, 0.3) is 0 Å². The van der Waals surface area contributed by atoms with Gasteiger partial charge in [-0.05, 0) is 24.8 Å². The molecule has 2 nitrogen and oxygen atoms in total. The van der Waals surface area contributed by atoms with E-state index in [1.54, 1.807) is 11.3 Å². The molecule has 0 saturated carbocycles. The van der Waals surface area contributed by atoms with E-state index in [4.69, 9.17) is 0 Å². The molecule has 0 aliphatic carbocycles. The van der Waals surface area contributed by atoms with Crippen LogP contribution in [0.2, 0.25) is 0 Å². The number of nitrogens with one attached hydrogen (secondary N) is 1. The van der Waals surface area contributed by atoms with Crippen LogP contribution >= 0.6 is 11.3 Å². The van der Waals surface area contributed by atoms with Gasteiger partial charge in [0.2, 0.25) is 0 Å². The highest BCUT2D eigenvalue weighted by Gasteiger charge is 2.08. The molecule has 0 aliphatic heterocycles. The minimum atomic E-state index is 0.461. The molecule has 0 amide bonds. The molecule has 1 rings (SSSR count). The molecule has 0 aromatic carbocycles. The molecule has 0 unspecified atom stereocenters. The normalized spacial score (nSPS) is 11.9. The highest BCUT2D eigenvalue weighted by Crippen LogP contribution is 2.19. The molecule has 1 aromatic rings. The molecule has 0 radical (unpaired) electrons. The molecule has 80 valence electrons. The molecule has 3 heteroatoms. The molecule has 1 heterocycles. The average molecular weight is 212 g/mol. The Hall–Kier alpha value is -0.410. The monoisotopic (exact) mass is 212 g/mol. The lowest BCUT2D eigenvalue weighted by Gasteiger charge is -2.17. The molecular weight excluding hydrogens is 192 g/mol. The Morgan fingerprint density at radius 2 is 2.21 bits per heavy atom. The van der Waals surface area contributed by atoms with Crippen molar-refractivity contribution >= 4 is 11.3 Å². The van der Waals surface area contributed by atoms with Crippen LogP contribution in [-0.2, 0) is 6.54 Å². The van der Waals surface area contributed by atoms with Crippen molar-refractivity contribution in [2.75, 3.05) is 6.54 Å². The van der Waals surface area contributed by atoms with Gasteiger partial charge in [-0.3, -0.25) is 0 Å². The van der Waals surface area contributed by atoms with E-state index >= 15 is 0 Å². The third kappa shape index (κ3) is 5.35. The fourth-order valence-corrected chi connectivity index (χ4v) is 1.84. The Balaban J connectivity index is 2.00. The van der Waals surface area contributed by atoms with E-state index in [9.17, 15) is 0 Å². The first-order valence-electron chi connectivity index (χ1n) is 5.16. The van der Waals surface area contributed by atoms with E-state index in [0.717, 1.165) is 18.8 Å². The summed E-state index contributed by atoms with van der Waals surface area (Å²) >= 11 is 1.66. The third-order valence-electron chi connectivity index (χ3n) is 2.07. The van der Waals surface area contributed by atoms with Crippen molar-refractivity contribution in [3.63, 3.8) is 0 Å². The average Bonchev–Trinajstić information content (AvgIpc) is 2.54. The van der Waals surface area contributed by atoms with E-state index in [0.29, 0.717) is 5.41 Å². The molecule has 0 spiro atoms. The van der Waals surface area contributed by atoms with Crippen molar-refractivity contribution < 1.29 is 0 Å². The maximum Gasteiger partial charge on any atom is 0.0795 e. The SMILES string of the molecule is CC(C)(C)CCCNCc1cscn1. The quantitative estimate of drug-likeness (QED) is 0.759. The summed E-state index contributed by atoms with van der Waals surface area (Å²) in [7, 11) is 0. The van der Waals surface area contributed by atoms with Crippen LogP contribution in [0.15, 0.2) is 10.9 Å². The molecule has 14 heavy (non-hydrogen) atoms. The van der Waals surface area contributed by atoms with Crippen molar-refractivity contribution in [3.8, 4) is 0 Å². The van der Waals surface area contributed by atoms with Crippen LogP contribution in [0.5, 0.6) is 0 Å². The Morgan fingerprint density at radius 3 is 2.79 bits per heavy atom. The van der Waals surface area contributed by atoms with Gasteiger partial charge in [0, 0.05) is 11.9 Å². The van der Waals surface area contributed by atoms with Crippen LogP contribution in [0.25, 0.3) is 0 Å². The third-order valence-corrected chi connectivity index (χ3v) is 2.71. The summed E-state index contributed by atoms with van der Waals surface area (Å²) in [5, 5.41) is 5.50. The van der Waals surface area contributed by atoms with Gasteiger partial charge >= 0.3 is 0 Å². The zero-order valence-corrected chi connectivity index (χ0v) is 10.2. The van der Waals surface area contributed by atoms with Crippen LogP contribution in [-0.4, -0.2) is 11.5 Å². The zero-order chi connectivity index (χ0) is 10.4. The zero-order valence-electron chi connectivity index (χ0n) is 9.34. The second kappa shape index (κ2) is 5.47. The standard InChI is InChI=1S/C11H20N2S/c1-11(2,3)5-4-6-12-7-10-8-14-9-13-10/h8-9,12H,4-7H2,1-3H3. The Kier molecular flexibility index (Phi) is 4.55.